The molecule has 2 aromatic carbocycles. The summed E-state index contributed by atoms with van der Waals surface area (Å²) in [5.41, 5.74) is 3.02. The number of hydrogen-bond acceptors (Lipinski definition) is 4. The maximum absolute atomic E-state index is 11.6. The third kappa shape index (κ3) is 6.86. The molecule has 7 nitrogen and oxygen atoms in total. The first-order valence-corrected chi connectivity index (χ1v) is 10.8. The maximum atomic E-state index is 11.6. The molecule has 0 radical (unpaired) electrons. The minimum atomic E-state index is -3.26. The average molecular weight is 530 g/mol. The summed E-state index contributed by atoms with van der Waals surface area (Å²) in [7, 11) is -0.111. The van der Waals surface area contributed by atoms with E-state index in [1.54, 1.807) is 7.05 Å². The van der Waals surface area contributed by atoms with Crippen molar-refractivity contribution < 1.29 is 13.2 Å². The molecule has 0 bridgehead atoms. The number of halogens is 1. The quantitative estimate of drug-likeness (QED) is 0.290. The number of rotatable bonds is 7. The summed E-state index contributed by atoms with van der Waals surface area (Å²) in [5.74, 6) is 1.63. The van der Waals surface area contributed by atoms with E-state index in [0.717, 1.165) is 23.3 Å². The second-order valence-electron chi connectivity index (χ2n) is 6.64. The van der Waals surface area contributed by atoms with E-state index < -0.39 is 10.0 Å². The molecule has 1 atom stereocenters. The lowest BCUT2D eigenvalue weighted by atomic mass is 10.1. The van der Waals surface area contributed by atoms with Gasteiger partial charge in [0.15, 0.2) is 5.96 Å². The van der Waals surface area contributed by atoms with Crippen molar-refractivity contribution in [1.29, 1.82) is 0 Å². The zero-order valence-corrected chi connectivity index (χ0v) is 19.7. The fraction of sp³-hybridized carbons (Fsp3) is 0.350. The van der Waals surface area contributed by atoms with Gasteiger partial charge in [-0.1, -0.05) is 42.5 Å². The van der Waals surface area contributed by atoms with E-state index in [2.05, 4.69) is 26.4 Å². The fourth-order valence-corrected chi connectivity index (χ4v) is 3.81. The number of ether oxygens (including phenoxy) is 1. The molecule has 0 amide bonds. The fourth-order valence-electron chi connectivity index (χ4n) is 3.03. The van der Waals surface area contributed by atoms with Crippen LogP contribution in [0, 0.1) is 0 Å². The molecule has 29 heavy (non-hydrogen) atoms. The summed E-state index contributed by atoms with van der Waals surface area (Å²) >= 11 is 0. The highest BCUT2D eigenvalue weighted by Gasteiger charge is 2.22. The highest BCUT2D eigenvalue weighted by atomic mass is 127. The van der Waals surface area contributed by atoms with E-state index >= 15 is 0 Å². The lowest BCUT2D eigenvalue weighted by Crippen LogP contribution is -2.41. The van der Waals surface area contributed by atoms with Gasteiger partial charge in [-0.3, -0.25) is 4.99 Å². The van der Waals surface area contributed by atoms with Gasteiger partial charge in [0.1, 0.15) is 11.9 Å². The molecule has 0 saturated heterocycles. The summed E-state index contributed by atoms with van der Waals surface area (Å²) in [6.45, 7) is 1.25. The molecular formula is C20H27IN4O3S. The Morgan fingerprint density at radius 1 is 1.10 bits per heavy atom. The molecule has 9 heteroatoms. The molecular weight excluding hydrogens is 503 g/mol. The van der Waals surface area contributed by atoms with Crippen molar-refractivity contribution in [3.05, 3.63) is 65.2 Å². The van der Waals surface area contributed by atoms with E-state index in [0.29, 0.717) is 19.0 Å². The topological polar surface area (TPSA) is 91.8 Å². The van der Waals surface area contributed by atoms with Gasteiger partial charge in [0.2, 0.25) is 10.0 Å². The maximum Gasteiger partial charge on any atom is 0.215 e. The summed E-state index contributed by atoms with van der Waals surface area (Å²) in [6.07, 6.45) is 0.973. The standard InChI is InChI=1S/C20H26N4O3S.HI/c1-21-20(24-13-18-11-17-5-3-4-6-19(17)27-18)23-12-15-7-9-16(10-8-15)14-28(25,26)22-2;/h3-10,18,22H,11-14H2,1-2H3,(H2,21,23,24);1H. The minimum absolute atomic E-state index is 0. The number of nitrogens with one attached hydrogen (secondary N) is 3. The molecule has 0 fully saturated rings. The van der Waals surface area contributed by atoms with Gasteiger partial charge in [-0.05, 0) is 29.8 Å². The van der Waals surface area contributed by atoms with Crippen LogP contribution in [0.15, 0.2) is 53.5 Å². The van der Waals surface area contributed by atoms with Crippen molar-refractivity contribution in [3.8, 4) is 5.75 Å². The summed E-state index contributed by atoms with van der Waals surface area (Å²) < 4.78 is 31.5. The third-order valence-corrected chi connectivity index (χ3v) is 5.92. The van der Waals surface area contributed by atoms with Crippen LogP contribution in [0.25, 0.3) is 0 Å². The van der Waals surface area contributed by atoms with Crippen molar-refractivity contribution in [2.45, 2.75) is 24.8 Å². The predicted molar refractivity (Wildman–Crippen MR) is 126 cm³/mol. The second kappa shape index (κ2) is 10.8. The lowest BCUT2D eigenvalue weighted by Gasteiger charge is -2.15. The first-order valence-electron chi connectivity index (χ1n) is 9.17. The molecule has 0 aromatic heterocycles. The Kier molecular flexibility index (Phi) is 8.72. The van der Waals surface area contributed by atoms with Gasteiger partial charge < -0.3 is 15.4 Å². The van der Waals surface area contributed by atoms with E-state index in [4.69, 9.17) is 4.74 Å². The van der Waals surface area contributed by atoms with Crippen LogP contribution in [0.4, 0.5) is 0 Å². The van der Waals surface area contributed by atoms with Crippen molar-refractivity contribution in [2.24, 2.45) is 4.99 Å². The largest absolute Gasteiger partial charge is 0.488 e. The Morgan fingerprint density at radius 2 is 1.79 bits per heavy atom. The molecule has 1 unspecified atom stereocenters. The van der Waals surface area contributed by atoms with Gasteiger partial charge in [-0.2, -0.15) is 0 Å². The first-order chi connectivity index (χ1) is 13.5. The Balaban J connectivity index is 0.00000300. The van der Waals surface area contributed by atoms with Crippen LogP contribution in [0.2, 0.25) is 0 Å². The summed E-state index contributed by atoms with van der Waals surface area (Å²) in [5, 5.41) is 6.56. The highest BCUT2D eigenvalue weighted by Crippen LogP contribution is 2.27. The molecule has 3 N–H and O–H groups in total. The Labute approximate surface area is 189 Å². The molecule has 3 rings (SSSR count). The van der Waals surface area contributed by atoms with Gasteiger partial charge >= 0.3 is 0 Å². The second-order valence-corrected chi connectivity index (χ2v) is 8.56. The third-order valence-electron chi connectivity index (χ3n) is 4.59. The highest BCUT2D eigenvalue weighted by molar-refractivity contribution is 14.0. The van der Waals surface area contributed by atoms with E-state index in [-0.39, 0.29) is 35.8 Å². The van der Waals surface area contributed by atoms with Gasteiger partial charge in [0.05, 0.1) is 12.3 Å². The van der Waals surface area contributed by atoms with Crippen LogP contribution in [0.3, 0.4) is 0 Å². The molecule has 0 aliphatic carbocycles. The number of nitrogens with zero attached hydrogens (tertiary/aromatic N) is 1. The monoisotopic (exact) mass is 530 g/mol. The number of benzene rings is 2. The number of aliphatic imine (C=N–C) groups is 1. The summed E-state index contributed by atoms with van der Waals surface area (Å²) in [6, 6.07) is 15.6. The average Bonchev–Trinajstić information content (AvgIpc) is 3.12. The Bertz CT molecular complexity index is 908. The Hall–Kier alpha value is -1.85. The molecule has 158 valence electrons. The van der Waals surface area contributed by atoms with Crippen molar-refractivity contribution in [1.82, 2.24) is 15.4 Å². The Morgan fingerprint density at radius 3 is 2.45 bits per heavy atom. The summed E-state index contributed by atoms with van der Waals surface area (Å²) in [4.78, 5) is 4.24. The zero-order valence-electron chi connectivity index (χ0n) is 16.5. The van der Waals surface area contributed by atoms with Crippen LogP contribution >= 0.6 is 24.0 Å². The van der Waals surface area contributed by atoms with E-state index in [1.807, 2.05) is 42.5 Å². The molecule has 0 saturated carbocycles. The number of sulfonamides is 1. The van der Waals surface area contributed by atoms with Gasteiger partial charge in [-0.25, -0.2) is 13.1 Å². The van der Waals surface area contributed by atoms with Crippen LogP contribution in [0.1, 0.15) is 16.7 Å². The molecule has 2 aromatic rings. The zero-order chi connectivity index (χ0) is 20.0. The van der Waals surface area contributed by atoms with E-state index in [9.17, 15) is 8.42 Å². The van der Waals surface area contributed by atoms with Crippen LogP contribution in [0.5, 0.6) is 5.75 Å². The van der Waals surface area contributed by atoms with Gasteiger partial charge in [0, 0.05) is 20.0 Å². The van der Waals surface area contributed by atoms with Gasteiger partial charge in [-0.15, -0.1) is 24.0 Å². The SMILES string of the molecule is CN=C(NCc1ccc(CS(=O)(=O)NC)cc1)NCC1Cc2ccccc2O1.I. The molecule has 1 aliphatic heterocycles. The minimum Gasteiger partial charge on any atom is -0.488 e. The van der Waals surface area contributed by atoms with Crippen LogP contribution < -0.4 is 20.1 Å². The van der Waals surface area contributed by atoms with Crippen LogP contribution in [-0.2, 0) is 28.7 Å². The van der Waals surface area contributed by atoms with Crippen molar-refractivity contribution in [3.63, 3.8) is 0 Å². The lowest BCUT2D eigenvalue weighted by molar-refractivity contribution is 0.235. The number of guanidine groups is 1. The smallest absolute Gasteiger partial charge is 0.215 e. The molecule has 1 heterocycles. The molecule has 1 aliphatic rings. The number of para-hydroxylation sites is 1. The number of hydrogen-bond donors (Lipinski definition) is 3. The molecule has 0 spiro atoms. The first kappa shape index (κ1) is 23.4. The normalized spacial score (nSPS) is 15.8. The van der Waals surface area contributed by atoms with E-state index in [1.165, 1.54) is 12.6 Å². The van der Waals surface area contributed by atoms with Gasteiger partial charge in [0.25, 0.3) is 0 Å². The predicted octanol–water partition coefficient (Wildman–Crippen LogP) is 2.02. The van der Waals surface area contributed by atoms with Crippen LogP contribution in [-0.4, -0.2) is 41.1 Å². The van der Waals surface area contributed by atoms with Crippen molar-refractivity contribution in [2.75, 3.05) is 20.6 Å². The number of fused-ring (bicyclic) bond motifs is 1. The van der Waals surface area contributed by atoms with Crippen molar-refractivity contribution >= 4 is 40.0 Å².